The summed E-state index contributed by atoms with van der Waals surface area (Å²) in [4.78, 5) is 12.1. The summed E-state index contributed by atoms with van der Waals surface area (Å²) >= 11 is 0. The monoisotopic (exact) mass is 329 g/mol. The molecule has 1 amide bonds. The Kier molecular flexibility index (Phi) is 5.96. The molecule has 1 heterocycles. The fourth-order valence-electron chi connectivity index (χ4n) is 2.92. The lowest BCUT2D eigenvalue weighted by Gasteiger charge is -2.21. The predicted octanol–water partition coefficient (Wildman–Crippen LogP) is 3.21. The van der Waals surface area contributed by atoms with Crippen molar-refractivity contribution in [1.29, 1.82) is 0 Å². The summed E-state index contributed by atoms with van der Waals surface area (Å²) in [6, 6.07) is 7.12. The van der Waals surface area contributed by atoms with Crippen LogP contribution in [0.1, 0.15) is 48.9 Å². The summed E-state index contributed by atoms with van der Waals surface area (Å²) in [7, 11) is 0. The van der Waals surface area contributed by atoms with Crippen molar-refractivity contribution in [3.8, 4) is 11.5 Å². The third-order valence-corrected chi connectivity index (χ3v) is 4.27. The van der Waals surface area contributed by atoms with Crippen LogP contribution in [0.4, 0.5) is 0 Å². The van der Waals surface area contributed by atoms with E-state index in [9.17, 15) is 4.79 Å². The molecule has 1 aromatic carbocycles. The number of aromatic nitrogens is 2. The molecule has 1 aliphatic rings. The molecule has 6 nitrogen and oxygen atoms in total. The Hall–Kier alpha value is -2.21. The Labute approximate surface area is 141 Å². The van der Waals surface area contributed by atoms with Crippen LogP contribution in [0.2, 0.25) is 0 Å². The maximum Gasteiger partial charge on any atom is 0.251 e. The minimum Gasteiger partial charge on any atom is -0.423 e. The first-order valence-corrected chi connectivity index (χ1v) is 8.59. The van der Waals surface area contributed by atoms with Crippen molar-refractivity contribution in [2.24, 2.45) is 0 Å². The Morgan fingerprint density at radius 3 is 2.71 bits per heavy atom. The largest absolute Gasteiger partial charge is 0.423 e. The molecule has 1 aromatic heterocycles. The number of rotatable bonds is 7. The fraction of sp³-hybridized carbons (Fsp3) is 0.500. The molecule has 24 heavy (non-hydrogen) atoms. The molecule has 3 rings (SSSR count). The number of ether oxygens (including phenoxy) is 1. The fourth-order valence-corrected chi connectivity index (χ4v) is 2.92. The van der Waals surface area contributed by atoms with Crippen molar-refractivity contribution in [3.05, 3.63) is 36.2 Å². The Balaban J connectivity index is 1.37. The van der Waals surface area contributed by atoms with E-state index in [-0.39, 0.29) is 5.91 Å². The molecule has 0 saturated heterocycles. The zero-order valence-electron chi connectivity index (χ0n) is 13.7. The molecule has 1 saturated carbocycles. The molecule has 6 heteroatoms. The Morgan fingerprint density at radius 2 is 2.00 bits per heavy atom. The number of benzene rings is 1. The van der Waals surface area contributed by atoms with Gasteiger partial charge in [0, 0.05) is 24.3 Å². The predicted molar refractivity (Wildman–Crippen MR) is 89.5 cm³/mol. The highest BCUT2D eigenvalue weighted by molar-refractivity contribution is 5.94. The van der Waals surface area contributed by atoms with E-state index in [0.717, 1.165) is 12.0 Å². The van der Waals surface area contributed by atoms with Crippen LogP contribution >= 0.6 is 0 Å². The third kappa shape index (κ3) is 4.64. The van der Waals surface area contributed by atoms with Crippen molar-refractivity contribution >= 4 is 5.91 Å². The van der Waals surface area contributed by atoms with Crippen LogP contribution in [0.3, 0.4) is 0 Å². The summed E-state index contributed by atoms with van der Waals surface area (Å²) in [5, 5.41) is 10.4. The van der Waals surface area contributed by atoms with Gasteiger partial charge in [-0.2, -0.15) is 0 Å². The van der Waals surface area contributed by atoms with E-state index in [0.29, 0.717) is 30.7 Å². The lowest BCUT2D eigenvalue weighted by Crippen LogP contribution is -2.26. The quantitative estimate of drug-likeness (QED) is 0.789. The van der Waals surface area contributed by atoms with Gasteiger partial charge in [-0.05, 0) is 43.5 Å². The van der Waals surface area contributed by atoms with Gasteiger partial charge in [0.2, 0.25) is 12.3 Å². The smallest absolute Gasteiger partial charge is 0.251 e. The van der Waals surface area contributed by atoms with Crippen LogP contribution in [-0.2, 0) is 4.74 Å². The average molecular weight is 329 g/mol. The van der Waals surface area contributed by atoms with Crippen molar-refractivity contribution in [2.45, 2.75) is 44.6 Å². The Bertz CT molecular complexity index is 619. The van der Waals surface area contributed by atoms with Gasteiger partial charge in [0.1, 0.15) is 0 Å². The first-order valence-electron chi connectivity index (χ1n) is 8.59. The van der Waals surface area contributed by atoms with Gasteiger partial charge in [-0.3, -0.25) is 4.79 Å². The van der Waals surface area contributed by atoms with E-state index < -0.39 is 0 Å². The third-order valence-electron chi connectivity index (χ3n) is 4.27. The zero-order valence-corrected chi connectivity index (χ0v) is 13.7. The number of carbonyl (C=O) groups is 1. The summed E-state index contributed by atoms with van der Waals surface area (Å²) in [5.41, 5.74) is 1.41. The van der Waals surface area contributed by atoms with Crippen molar-refractivity contribution in [1.82, 2.24) is 15.5 Å². The maximum absolute atomic E-state index is 12.1. The molecule has 128 valence electrons. The van der Waals surface area contributed by atoms with Gasteiger partial charge in [0.05, 0.1) is 6.10 Å². The molecule has 2 aromatic rings. The SMILES string of the molecule is O=C(NCCCOC1CCCCC1)c1ccc(-c2nnco2)cc1. The Morgan fingerprint density at radius 1 is 1.21 bits per heavy atom. The van der Waals surface area contributed by atoms with Gasteiger partial charge >= 0.3 is 0 Å². The maximum atomic E-state index is 12.1. The molecular weight excluding hydrogens is 306 g/mol. The number of amides is 1. The van der Waals surface area contributed by atoms with Crippen LogP contribution in [0, 0.1) is 0 Å². The van der Waals surface area contributed by atoms with Crippen LogP contribution in [0.15, 0.2) is 35.1 Å². The summed E-state index contributed by atoms with van der Waals surface area (Å²) in [6.45, 7) is 1.33. The number of nitrogens with zero attached hydrogens (tertiary/aromatic N) is 2. The minimum atomic E-state index is -0.0789. The van der Waals surface area contributed by atoms with E-state index in [2.05, 4.69) is 15.5 Å². The second kappa shape index (κ2) is 8.59. The number of carbonyl (C=O) groups excluding carboxylic acids is 1. The topological polar surface area (TPSA) is 77.2 Å². The molecule has 0 unspecified atom stereocenters. The van der Waals surface area contributed by atoms with Gasteiger partial charge in [-0.15, -0.1) is 10.2 Å². The molecule has 0 bridgehead atoms. The molecule has 0 aliphatic heterocycles. The van der Waals surface area contributed by atoms with Gasteiger partial charge in [-0.25, -0.2) is 0 Å². The highest BCUT2D eigenvalue weighted by atomic mass is 16.5. The zero-order chi connectivity index (χ0) is 16.6. The average Bonchev–Trinajstić information content (AvgIpc) is 3.17. The van der Waals surface area contributed by atoms with Crippen LogP contribution in [-0.4, -0.2) is 35.4 Å². The highest BCUT2D eigenvalue weighted by Crippen LogP contribution is 2.20. The molecular formula is C18H23N3O3. The van der Waals surface area contributed by atoms with Crippen molar-refractivity contribution in [3.63, 3.8) is 0 Å². The number of nitrogens with one attached hydrogen (secondary N) is 1. The van der Waals surface area contributed by atoms with Gasteiger partial charge in [0.15, 0.2) is 0 Å². The van der Waals surface area contributed by atoms with Gasteiger partial charge in [-0.1, -0.05) is 19.3 Å². The second-order valence-corrected chi connectivity index (χ2v) is 6.06. The van der Waals surface area contributed by atoms with Crippen molar-refractivity contribution in [2.75, 3.05) is 13.2 Å². The molecule has 1 fully saturated rings. The lowest BCUT2D eigenvalue weighted by molar-refractivity contribution is 0.0273. The number of hydrogen-bond donors (Lipinski definition) is 1. The minimum absolute atomic E-state index is 0.0789. The van der Waals surface area contributed by atoms with Crippen LogP contribution < -0.4 is 5.32 Å². The molecule has 1 aliphatic carbocycles. The molecule has 0 spiro atoms. The summed E-state index contributed by atoms with van der Waals surface area (Å²) < 4.78 is 11.0. The number of hydrogen-bond acceptors (Lipinski definition) is 5. The molecule has 0 atom stereocenters. The molecule has 0 radical (unpaired) electrons. The van der Waals surface area contributed by atoms with Crippen LogP contribution in [0.25, 0.3) is 11.5 Å². The van der Waals surface area contributed by atoms with E-state index in [1.807, 2.05) is 0 Å². The normalized spacial score (nSPS) is 15.3. The summed E-state index contributed by atoms with van der Waals surface area (Å²) in [5.74, 6) is 0.367. The van der Waals surface area contributed by atoms with E-state index in [1.165, 1.54) is 38.5 Å². The standard InChI is InChI=1S/C18H23N3O3/c22-17(19-11-4-12-23-16-5-2-1-3-6-16)14-7-9-15(10-8-14)18-21-20-13-24-18/h7-10,13,16H,1-6,11-12H2,(H,19,22). The first-order chi connectivity index (χ1) is 11.8. The summed E-state index contributed by atoms with van der Waals surface area (Å²) in [6.07, 6.45) is 8.79. The van der Waals surface area contributed by atoms with Gasteiger partial charge in [0.25, 0.3) is 5.91 Å². The van der Waals surface area contributed by atoms with E-state index >= 15 is 0 Å². The van der Waals surface area contributed by atoms with Crippen molar-refractivity contribution < 1.29 is 13.9 Å². The van der Waals surface area contributed by atoms with E-state index in [4.69, 9.17) is 9.15 Å². The van der Waals surface area contributed by atoms with E-state index in [1.54, 1.807) is 24.3 Å². The first kappa shape index (κ1) is 16.6. The van der Waals surface area contributed by atoms with Gasteiger partial charge < -0.3 is 14.5 Å². The van der Waals surface area contributed by atoms with Crippen LogP contribution in [0.5, 0.6) is 0 Å². The highest BCUT2D eigenvalue weighted by Gasteiger charge is 2.13. The molecule has 1 N–H and O–H groups in total. The second-order valence-electron chi connectivity index (χ2n) is 6.06. The lowest BCUT2D eigenvalue weighted by atomic mass is 9.98.